The van der Waals surface area contributed by atoms with Gasteiger partial charge in [0.25, 0.3) is 0 Å². The fourth-order valence-corrected chi connectivity index (χ4v) is 2.64. The number of hydrogen-bond donors (Lipinski definition) is 2. The third-order valence-electron chi connectivity index (χ3n) is 2.76. The molecule has 108 valence electrons. The zero-order chi connectivity index (χ0) is 14.2. The normalized spacial score (nSPS) is 12.5. The van der Waals surface area contributed by atoms with E-state index in [1.165, 1.54) is 10.4 Å². The SMILES string of the molecule is OC(CNCc1ccc(Br)cc1)COCc1cccs1. The van der Waals surface area contributed by atoms with Gasteiger partial charge in [0.15, 0.2) is 0 Å². The molecule has 20 heavy (non-hydrogen) atoms. The van der Waals surface area contributed by atoms with Gasteiger partial charge < -0.3 is 15.2 Å². The van der Waals surface area contributed by atoms with Gasteiger partial charge in [0.05, 0.1) is 19.3 Å². The van der Waals surface area contributed by atoms with Gasteiger partial charge in [-0.25, -0.2) is 0 Å². The summed E-state index contributed by atoms with van der Waals surface area (Å²) in [4.78, 5) is 1.18. The van der Waals surface area contributed by atoms with Crippen LogP contribution in [0, 0.1) is 0 Å². The van der Waals surface area contributed by atoms with Gasteiger partial charge in [-0.15, -0.1) is 11.3 Å². The van der Waals surface area contributed by atoms with E-state index in [1.54, 1.807) is 11.3 Å². The first kappa shape index (κ1) is 15.7. The molecule has 1 unspecified atom stereocenters. The maximum atomic E-state index is 9.81. The molecule has 3 nitrogen and oxygen atoms in total. The predicted octanol–water partition coefficient (Wildman–Crippen LogP) is 3.18. The number of halogens is 1. The van der Waals surface area contributed by atoms with Crippen LogP contribution in [0.25, 0.3) is 0 Å². The third-order valence-corrected chi connectivity index (χ3v) is 4.14. The topological polar surface area (TPSA) is 41.5 Å². The average Bonchev–Trinajstić information content (AvgIpc) is 2.94. The fraction of sp³-hybridized carbons (Fsp3) is 0.333. The van der Waals surface area contributed by atoms with Crippen LogP contribution in [0.15, 0.2) is 46.3 Å². The van der Waals surface area contributed by atoms with E-state index in [4.69, 9.17) is 4.74 Å². The molecule has 1 aromatic heterocycles. The van der Waals surface area contributed by atoms with Crippen LogP contribution >= 0.6 is 27.3 Å². The zero-order valence-corrected chi connectivity index (χ0v) is 13.5. The smallest absolute Gasteiger partial charge is 0.0897 e. The lowest BCUT2D eigenvalue weighted by Crippen LogP contribution is -2.30. The summed E-state index contributed by atoms with van der Waals surface area (Å²) < 4.78 is 6.54. The number of aliphatic hydroxyl groups is 1. The standard InChI is InChI=1S/C15H18BrNO2S/c16-13-5-3-12(4-6-13)8-17-9-14(18)10-19-11-15-2-1-7-20-15/h1-7,14,17-18H,8-11H2. The van der Waals surface area contributed by atoms with E-state index in [1.807, 2.05) is 29.6 Å². The first-order valence-corrected chi connectivity index (χ1v) is 8.14. The maximum absolute atomic E-state index is 9.81. The van der Waals surface area contributed by atoms with Crippen molar-refractivity contribution in [3.8, 4) is 0 Å². The minimum Gasteiger partial charge on any atom is -0.389 e. The van der Waals surface area contributed by atoms with Crippen LogP contribution in [-0.2, 0) is 17.9 Å². The van der Waals surface area contributed by atoms with E-state index < -0.39 is 6.10 Å². The summed E-state index contributed by atoms with van der Waals surface area (Å²) >= 11 is 5.07. The van der Waals surface area contributed by atoms with Gasteiger partial charge in [0, 0.05) is 22.4 Å². The molecule has 1 atom stereocenters. The van der Waals surface area contributed by atoms with Crippen LogP contribution in [0.3, 0.4) is 0 Å². The molecular weight excluding hydrogens is 338 g/mol. The van der Waals surface area contributed by atoms with Crippen LogP contribution < -0.4 is 5.32 Å². The molecule has 0 spiro atoms. The molecular formula is C15H18BrNO2S. The van der Waals surface area contributed by atoms with Crippen molar-refractivity contribution in [2.24, 2.45) is 0 Å². The lowest BCUT2D eigenvalue weighted by atomic mass is 10.2. The Morgan fingerprint density at radius 1 is 1.25 bits per heavy atom. The molecule has 0 radical (unpaired) electrons. The van der Waals surface area contributed by atoms with Crippen molar-refractivity contribution >= 4 is 27.3 Å². The molecule has 0 saturated carbocycles. The first-order valence-electron chi connectivity index (χ1n) is 6.47. The molecule has 0 fully saturated rings. The Morgan fingerprint density at radius 2 is 2.05 bits per heavy atom. The van der Waals surface area contributed by atoms with E-state index in [2.05, 4.69) is 33.4 Å². The summed E-state index contributed by atoms with van der Waals surface area (Å²) in [5.41, 5.74) is 1.19. The molecule has 2 rings (SSSR count). The van der Waals surface area contributed by atoms with E-state index >= 15 is 0 Å². The Bertz CT molecular complexity index is 487. The number of nitrogens with one attached hydrogen (secondary N) is 1. The van der Waals surface area contributed by atoms with Crippen molar-refractivity contribution in [1.82, 2.24) is 5.32 Å². The second-order valence-corrected chi connectivity index (χ2v) is 6.45. The summed E-state index contributed by atoms with van der Waals surface area (Å²) in [6.45, 7) is 2.20. The molecule has 2 N–H and O–H groups in total. The molecule has 5 heteroatoms. The van der Waals surface area contributed by atoms with E-state index in [0.717, 1.165) is 11.0 Å². The zero-order valence-electron chi connectivity index (χ0n) is 11.1. The highest BCUT2D eigenvalue weighted by atomic mass is 79.9. The minimum absolute atomic E-state index is 0.352. The number of hydrogen-bond acceptors (Lipinski definition) is 4. The van der Waals surface area contributed by atoms with Gasteiger partial charge in [0.1, 0.15) is 0 Å². The third kappa shape index (κ3) is 5.73. The van der Waals surface area contributed by atoms with Crippen LogP contribution in [-0.4, -0.2) is 24.4 Å². The molecule has 0 amide bonds. The van der Waals surface area contributed by atoms with Crippen LogP contribution in [0.5, 0.6) is 0 Å². The van der Waals surface area contributed by atoms with Crippen LogP contribution in [0.1, 0.15) is 10.4 Å². The molecule has 0 saturated heterocycles. The molecule has 0 aliphatic heterocycles. The molecule has 0 bridgehead atoms. The van der Waals surface area contributed by atoms with Crippen molar-refractivity contribution in [3.05, 3.63) is 56.7 Å². The molecule has 0 aliphatic rings. The summed E-state index contributed by atoms with van der Waals surface area (Å²) in [5.74, 6) is 0. The summed E-state index contributed by atoms with van der Waals surface area (Å²) in [5, 5.41) is 15.1. The molecule has 1 heterocycles. The van der Waals surface area contributed by atoms with Gasteiger partial charge in [-0.1, -0.05) is 34.1 Å². The van der Waals surface area contributed by atoms with Crippen LogP contribution in [0.2, 0.25) is 0 Å². The highest BCUT2D eigenvalue weighted by Crippen LogP contribution is 2.10. The van der Waals surface area contributed by atoms with Gasteiger partial charge in [-0.05, 0) is 29.1 Å². The quantitative estimate of drug-likeness (QED) is 0.763. The molecule has 2 aromatic rings. The summed E-state index contributed by atoms with van der Waals surface area (Å²) in [7, 11) is 0. The lowest BCUT2D eigenvalue weighted by Gasteiger charge is -2.12. The number of aliphatic hydroxyl groups excluding tert-OH is 1. The highest BCUT2D eigenvalue weighted by molar-refractivity contribution is 9.10. The van der Waals surface area contributed by atoms with Gasteiger partial charge in [-0.3, -0.25) is 0 Å². The van der Waals surface area contributed by atoms with Gasteiger partial charge in [-0.2, -0.15) is 0 Å². The van der Waals surface area contributed by atoms with Gasteiger partial charge in [0.2, 0.25) is 0 Å². The molecule has 0 aliphatic carbocycles. The Morgan fingerprint density at radius 3 is 2.75 bits per heavy atom. The van der Waals surface area contributed by atoms with E-state index in [9.17, 15) is 5.11 Å². The van der Waals surface area contributed by atoms with Crippen molar-refractivity contribution in [2.45, 2.75) is 19.3 Å². The second kappa shape index (κ2) is 8.54. The van der Waals surface area contributed by atoms with E-state index in [0.29, 0.717) is 19.8 Å². The number of thiophene rings is 1. The Labute approximate surface area is 131 Å². The van der Waals surface area contributed by atoms with Crippen LogP contribution in [0.4, 0.5) is 0 Å². The fourth-order valence-electron chi connectivity index (χ4n) is 1.73. The van der Waals surface area contributed by atoms with Crippen molar-refractivity contribution in [3.63, 3.8) is 0 Å². The largest absolute Gasteiger partial charge is 0.389 e. The predicted molar refractivity (Wildman–Crippen MR) is 85.8 cm³/mol. The molecule has 1 aromatic carbocycles. The van der Waals surface area contributed by atoms with Crippen molar-refractivity contribution < 1.29 is 9.84 Å². The summed E-state index contributed by atoms with van der Waals surface area (Å²) in [6.07, 6.45) is -0.481. The van der Waals surface area contributed by atoms with Gasteiger partial charge >= 0.3 is 0 Å². The Balaban J connectivity index is 1.58. The Kier molecular flexibility index (Phi) is 6.69. The average molecular weight is 356 g/mol. The monoisotopic (exact) mass is 355 g/mol. The van der Waals surface area contributed by atoms with Crippen molar-refractivity contribution in [2.75, 3.05) is 13.2 Å². The number of rotatable bonds is 8. The number of ether oxygens (including phenoxy) is 1. The minimum atomic E-state index is -0.481. The number of benzene rings is 1. The second-order valence-electron chi connectivity index (χ2n) is 4.51. The van der Waals surface area contributed by atoms with Crippen molar-refractivity contribution in [1.29, 1.82) is 0 Å². The Hall–Kier alpha value is -0.720. The lowest BCUT2D eigenvalue weighted by molar-refractivity contribution is 0.0297. The maximum Gasteiger partial charge on any atom is 0.0897 e. The van der Waals surface area contributed by atoms with E-state index in [-0.39, 0.29) is 0 Å². The highest BCUT2D eigenvalue weighted by Gasteiger charge is 2.04. The summed E-state index contributed by atoms with van der Waals surface area (Å²) in [6, 6.07) is 12.2. The first-order chi connectivity index (χ1) is 9.74.